The van der Waals surface area contributed by atoms with Crippen LogP contribution < -0.4 is 0 Å². The van der Waals surface area contributed by atoms with Crippen LogP contribution in [0.15, 0.2) is 18.2 Å². The molecule has 0 aliphatic rings. The Morgan fingerprint density at radius 2 is 2.25 bits per heavy atom. The SMILES string of the molecule is [CH]=CC=CC(C)CC. The first-order valence-corrected chi connectivity index (χ1v) is 3.03. The third-order valence-electron chi connectivity index (χ3n) is 1.19. The van der Waals surface area contributed by atoms with Crippen LogP contribution in [0.5, 0.6) is 0 Å². The van der Waals surface area contributed by atoms with Crippen molar-refractivity contribution in [1.29, 1.82) is 0 Å². The van der Waals surface area contributed by atoms with Gasteiger partial charge in [0.15, 0.2) is 0 Å². The van der Waals surface area contributed by atoms with Gasteiger partial charge in [-0.25, -0.2) is 0 Å². The third kappa shape index (κ3) is 3.66. The summed E-state index contributed by atoms with van der Waals surface area (Å²) in [6, 6.07) is 0. The number of hydrogen-bond donors (Lipinski definition) is 0. The normalized spacial score (nSPS) is 14.2. The molecule has 1 radical (unpaired) electrons. The van der Waals surface area contributed by atoms with Crippen LogP contribution in [0.2, 0.25) is 0 Å². The van der Waals surface area contributed by atoms with Gasteiger partial charge in [-0.15, -0.1) is 0 Å². The summed E-state index contributed by atoms with van der Waals surface area (Å²) in [6.07, 6.45) is 6.73. The van der Waals surface area contributed by atoms with E-state index in [1.165, 1.54) is 6.42 Å². The summed E-state index contributed by atoms with van der Waals surface area (Å²) >= 11 is 0. The van der Waals surface area contributed by atoms with E-state index in [0.29, 0.717) is 5.92 Å². The van der Waals surface area contributed by atoms with E-state index in [2.05, 4.69) is 19.9 Å². The number of rotatable bonds is 3. The molecule has 0 heterocycles. The van der Waals surface area contributed by atoms with Crippen molar-refractivity contribution < 1.29 is 0 Å². The molecule has 45 valence electrons. The maximum atomic E-state index is 5.12. The topological polar surface area (TPSA) is 0 Å². The van der Waals surface area contributed by atoms with E-state index in [0.717, 1.165) is 0 Å². The molecule has 0 aliphatic carbocycles. The average molecular weight is 109 g/mol. The van der Waals surface area contributed by atoms with Gasteiger partial charge in [0.1, 0.15) is 0 Å². The van der Waals surface area contributed by atoms with Gasteiger partial charge in [-0.05, 0) is 5.92 Å². The van der Waals surface area contributed by atoms with E-state index in [1.807, 2.05) is 6.08 Å². The first-order chi connectivity index (χ1) is 3.81. The Morgan fingerprint density at radius 3 is 2.62 bits per heavy atom. The van der Waals surface area contributed by atoms with Gasteiger partial charge in [0, 0.05) is 0 Å². The molecule has 0 rings (SSSR count). The Labute approximate surface area is 51.9 Å². The van der Waals surface area contributed by atoms with Crippen LogP contribution in [0, 0.1) is 12.5 Å². The molecule has 0 aromatic carbocycles. The van der Waals surface area contributed by atoms with Crippen molar-refractivity contribution in [3.63, 3.8) is 0 Å². The summed E-state index contributed by atoms with van der Waals surface area (Å²) in [5.41, 5.74) is 0. The summed E-state index contributed by atoms with van der Waals surface area (Å²) < 4.78 is 0. The molecular weight excluding hydrogens is 96.1 g/mol. The minimum Gasteiger partial charge on any atom is -0.0817 e. The minimum atomic E-state index is 0.662. The lowest BCUT2D eigenvalue weighted by molar-refractivity contribution is 0.698. The molecule has 0 fully saturated rings. The Morgan fingerprint density at radius 1 is 1.62 bits per heavy atom. The molecule has 8 heavy (non-hydrogen) atoms. The highest BCUT2D eigenvalue weighted by Gasteiger charge is 1.86. The summed E-state index contributed by atoms with van der Waals surface area (Å²) in [7, 11) is 0. The van der Waals surface area contributed by atoms with Gasteiger partial charge in [-0.2, -0.15) is 0 Å². The molecule has 1 atom stereocenters. The van der Waals surface area contributed by atoms with Crippen LogP contribution >= 0.6 is 0 Å². The van der Waals surface area contributed by atoms with Crippen LogP contribution in [0.3, 0.4) is 0 Å². The lowest BCUT2D eigenvalue weighted by Crippen LogP contribution is -1.82. The highest BCUT2D eigenvalue weighted by molar-refractivity contribution is 4.97. The van der Waals surface area contributed by atoms with Crippen molar-refractivity contribution in [3.8, 4) is 0 Å². The number of allylic oxidation sites excluding steroid dienone is 3. The molecule has 1 unspecified atom stereocenters. The largest absolute Gasteiger partial charge is 0.0817 e. The fourth-order valence-electron chi connectivity index (χ4n) is 0.390. The highest BCUT2D eigenvalue weighted by Crippen LogP contribution is 2.00. The van der Waals surface area contributed by atoms with Gasteiger partial charge >= 0.3 is 0 Å². The van der Waals surface area contributed by atoms with Crippen molar-refractivity contribution in [2.45, 2.75) is 20.3 Å². The summed E-state index contributed by atoms with van der Waals surface area (Å²) in [5.74, 6) is 0.662. The van der Waals surface area contributed by atoms with Crippen molar-refractivity contribution in [2.24, 2.45) is 5.92 Å². The highest BCUT2D eigenvalue weighted by atomic mass is 13.9. The maximum absolute atomic E-state index is 5.12. The summed E-state index contributed by atoms with van der Waals surface area (Å²) in [6.45, 7) is 9.44. The monoisotopic (exact) mass is 109 g/mol. The second-order valence-corrected chi connectivity index (χ2v) is 1.96. The zero-order valence-corrected chi connectivity index (χ0v) is 5.59. The van der Waals surface area contributed by atoms with Crippen molar-refractivity contribution >= 4 is 0 Å². The standard InChI is InChI=1S/C8H13/c1-4-6-7-8(3)5-2/h1,4,6-8H,5H2,2-3H3. The van der Waals surface area contributed by atoms with E-state index in [9.17, 15) is 0 Å². The zero-order chi connectivity index (χ0) is 6.41. The third-order valence-corrected chi connectivity index (χ3v) is 1.19. The van der Waals surface area contributed by atoms with E-state index in [4.69, 9.17) is 6.58 Å². The molecule has 0 nitrogen and oxygen atoms in total. The molecule has 0 aliphatic heterocycles. The Balaban J connectivity index is 3.35. The summed E-state index contributed by atoms with van der Waals surface area (Å²) in [5, 5.41) is 0. The molecule has 0 N–H and O–H groups in total. The van der Waals surface area contributed by atoms with E-state index in [-0.39, 0.29) is 0 Å². The van der Waals surface area contributed by atoms with Gasteiger partial charge in [-0.3, -0.25) is 0 Å². The predicted octanol–water partition coefficient (Wildman–Crippen LogP) is 2.58. The molecule has 0 bridgehead atoms. The average Bonchev–Trinajstić information content (AvgIpc) is 1.83. The van der Waals surface area contributed by atoms with Crippen molar-refractivity contribution in [2.75, 3.05) is 0 Å². The fraction of sp³-hybridized carbons (Fsp3) is 0.500. The van der Waals surface area contributed by atoms with Crippen LogP contribution in [0.1, 0.15) is 20.3 Å². The molecule has 0 saturated heterocycles. The molecule has 0 aromatic rings. The molecule has 0 saturated carbocycles. The maximum Gasteiger partial charge on any atom is -0.0261 e. The van der Waals surface area contributed by atoms with Crippen LogP contribution in [-0.4, -0.2) is 0 Å². The zero-order valence-electron chi connectivity index (χ0n) is 5.59. The Kier molecular flexibility index (Phi) is 4.33. The van der Waals surface area contributed by atoms with Crippen molar-refractivity contribution in [3.05, 3.63) is 24.8 Å². The van der Waals surface area contributed by atoms with Crippen molar-refractivity contribution in [1.82, 2.24) is 0 Å². The van der Waals surface area contributed by atoms with Gasteiger partial charge in [-0.1, -0.05) is 45.1 Å². The molecule has 0 heteroatoms. The van der Waals surface area contributed by atoms with Gasteiger partial charge in [0.05, 0.1) is 0 Å². The molecule has 0 spiro atoms. The van der Waals surface area contributed by atoms with Gasteiger partial charge in [0.2, 0.25) is 0 Å². The number of hydrogen-bond acceptors (Lipinski definition) is 0. The predicted molar refractivity (Wildman–Crippen MR) is 37.5 cm³/mol. The van der Waals surface area contributed by atoms with Gasteiger partial charge in [0.25, 0.3) is 0 Å². The first kappa shape index (κ1) is 7.48. The van der Waals surface area contributed by atoms with Crippen LogP contribution in [0.4, 0.5) is 0 Å². The first-order valence-electron chi connectivity index (χ1n) is 3.03. The molecular formula is C8H13. The van der Waals surface area contributed by atoms with Gasteiger partial charge < -0.3 is 0 Å². The minimum absolute atomic E-state index is 0.662. The lowest BCUT2D eigenvalue weighted by Gasteiger charge is -1.95. The summed E-state index contributed by atoms with van der Waals surface area (Å²) in [4.78, 5) is 0. The van der Waals surface area contributed by atoms with E-state index < -0.39 is 0 Å². The second kappa shape index (κ2) is 4.63. The lowest BCUT2D eigenvalue weighted by atomic mass is 10.1. The smallest absolute Gasteiger partial charge is 0.0261 e. The quantitative estimate of drug-likeness (QED) is 0.489. The Bertz CT molecular complexity index is 80.0. The molecule has 0 aromatic heterocycles. The van der Waals surface area contributed by atoms with Crippen LogP contribution in [0.25, 0.3) is 0 Å². The molecule has 0 amide bonds. The van der Waals surface area contributed by atoms with E-state index in [1.54, 1.807) is 6.08 Å². The fourth-order valence-corrected chi connectivity index (χ4v) is 0.390. The Hall–Kier alpha value is -0.520. The van der Waals surface area contributed by atoms with Crippen LogP contribution in [-0.2, 0) is 0 Å². The van der Waals surface area contributed by atoms with E-state index >= 15 is 0 Å². The second-order valence-electron chi connectivity index (χ2n) is 1.96.